The Balaban J connectivity index is 2.02. The van der Waals surface area contributed by atoms with Crippen molar-refractivity contribution in [2.75, 3.05) is 20.8 Å². The Morgan fingerprint density at radius 2 is 2.10 bits per heavy atom. The molecule has 1 aliphatic rings. The molecule has 1 fully saturated rings. The van der Waals surface area contributed by atoms with Crippen molar-refractivity contribution in [2.45, 2.75) is 44.9 Å². The third kappa shape index (κ3) is 4.34. The van der Waals surface area contributed by atoms with Crippen LogP contribution in [0, 0.1) is 0 Å². The summed E-state index contributed by atoms with van der Waals surface area (Å²) >= 11 is 3.53. The van der Waals surface area contributed by atoms with Crippen LogP contribution in [0.5, 0.6) is 11.5 Å². The molecule has 1 aromatic carbocycles. The number of rotatable bonds is 5. The van der Waals surface area contributed by atoms with Gasteiger partial charge in [-0.1, -0.05) is 0 Å². The van der Waals surface area contributed by atoms with Gasteiger partial charge in [0.25, 0.3) is 0 Å². The molecule has 0 bridgehead atoms. The van der Waals surface area contributed by atoms with Gasteiger partial charge in [0.05, 0.1) is 24.3 Å². The van der Waals surface area contributed by atoms with Gasteiger partial charge in [0.15, 0.2) is 11.5 Å². The molecule has 1 aromatic rings. The Bertz CT molecular complexity index is 491. The van der Waals surface area contributed by atoms with Gasteiger partial charge in [-0.3, -0.25) is 0 Å². The van der Waals surface area contributed by atoms with E-state index in [1.165, 1.54) is 5.56 Å². The van der Waals surface area contributed by atoms with Gasteiger partial charge in [-0.25, -0.2) is 0 Å². The van der Waals surface area contributed by atoms with Crippen LogP contribution in [0.3, 0.4) is 0 Å². The molecule has 21 heavy (non-hydrogen) atoms. The molecular weight excluding hydrogens is 334 g/mol. The first-order chi connectivity index (χ1) is 9.95. The van der Waals surface area contributed by atoms with E-state index in [0.717, 1.165) is 42.0 Å². The number of hydrogen-bond acceptors (Lipinski definition) is 4. The minimum Gasteiger partial charge on any atom is -0.493 e. The average molecular weight is 358 g/mol. The highest BCUT2D eigenvalue weighted by Gasteiger charge is 2.28. The Kier molecular flexibility index (Phi) is 5.52. The predicted octanol–water partition coefficient (Wildman–Crippen LogP) is 3.51. The molecule has 0 aliphatic carbocycles. The van der Waals surface area contributed by atoms with Crippen LogP contribution in [-0.2, 0) is 11.3 Å². The van der Waals surface area contributed by atoms with Crippen molar-refractivity contribution >= 4 is 15.9 Å². The minimum atomic E-state index is -0.0336. The van der Waals surface area contributed by atoms with E-state index in [1.54, 1.807) is 14.2 Å². The van der Waals surface area contributed by atoms with Crippen LogP contribution in [0.4, 0.5) is 0 Å². The summed E-state index contributed by atoms with van der Waals surface area (Å²) in [7, 11) is 3.30. The summed E-state index contributed by atoms with van der Waals surface area (Å²) in [4.78, 5) is 0. The van der Waals surface area contributed by atoms with Crippen LogP contribution in [0.25, 0.3) is 0 Å². The summed E-state index contributed by atoms with van der Waals surface area (Å²) in [6.07, 6.45) is 2.08. The fourth-order valence-electron chi connectivity index (χ4n) is 2.74. The number of methoxy groups -OCH3 is 2. The Labute approximate surface area is 135 Å². The molecule has 1 atom stereocenters. The monoisotopic (exact) mass is 357 g/mol. The molecule has 1 unspecified atom stereocenters. The molecule has 0 aromatic heterocycles. The maximum absolute atomic E-state index is 5.75. The van der Waals surface area contributed by atoms with E-state index in [0.29, 0.717) is 6.04 Å². The molecule has 4 nitrogen and oxygen atoms in total. The van der Waals surface area contributed by atoms with E-state index < -0.39 is 0 Å². The van der Waals surface area contributed by atoms with E-state index in [9.17, 15) is 0 Å². The van der Waals surface area contributed by atoms with Crippen LogP contribution in [0.2, 0.25) is 0 Å². The molecule has 0 amide bonds. The lowest BCUT2D eigenvalue weighted by Gasteiger charge is -2.36. The van der Waals surface area contributed by atoms with E-state index >= 15 is 0 Å². The van der Waals surface area contributed by atoms with E-state index in [2.05, 4.69) is 41.2 Å². The zero-order valence-corrected chi connectivity index (χ0v) is 14.7. The largest absolute Gasteiger partial charge is 0.493 e. The second-order valence-electron chi connectivity index (χ2n) is 5.99. The van der Waals surface area contributed by atoms with Crippen LogP contribution < -0.4 is 14.8 Å². The lowest BCUT2D eigenvalue weighted by atomic mass is 9.94. The van der Waals surface area contributed by atoms with Gasteiger partial charge in [-0.15, -0.1) is 0 Å². The molecular formula is C16H24BrNO3. The fourth-order valence-corrected chi connectivity index (χ4v) is 3.39. The van der Waals surface area contributed by atoms with Crippen molar-refractivity contribution in [2.24, 2.45) is 0 Å². The zero-order valence-electron chi connectivity index (χ0n) is 13.2. The molecule has 1 heterocycles. The van der Waals surface area contributed by atoms with Crippen molar-refractivity contribution in [3.05, 3.63) is 22.2 Å². The lowest BCUT2D eigenvalue weighted by molar-refractivity contribution is -0.0630. The van der Waals surface area contributed by atoms with Gasteiger partial charge < -0.3 is 19.5 Å². The van der Waals surface area contributed by atoms with Gasteiger partial charge in [-0.2, -0.15) is 0 Å². The highest BCUT2D eigenvalue weighted by molar-refractivity contribution is 9.10. The van der Waals surface area contributed by atoms with Gasteiger partial charge in [0.1, 0.15) is 0 Å². The van der Waals surface area contributed by atoms with Gasteiger partial charge in [-0.05, 0) is 60.3 Å². The molecule has 0 saturated carbocycles. The number of ether oxygens (including phenoxy) is 3. The standard InChI is InChI=1S/C16H24BrNO3/c1-16(2)9-12(5-6-21-16)18-10-11-7-13(17)15(20-4)14(8-11)19-3/h7-8,12,18H,5-6,9-10H2,1-4H3. The summed E-state index contributed by atoms with van der Waals surface area (Å²) in [5.41, 5.74) is 1.14. The fraction of sp³-hybridized carbons (Fsp3) is 0.625. The molecule has 1 N–H and O–H groups in total. The van der Waals surface area contributed by atoms with E-state index in [1.807, 2.05) is 6.07 Å². The summed E-state index contributed by atoms with van der Waals surface area (Å²) in [5, 5.41) is 3.61. The SMILES string of the molecule is COc1cc(CNC2CCOC(C)(C)C2)cc(Br)c1OC. The molecule has 0 spiro atoms. The number of hydrogen-bond donors (Lipinski definition) is 1. The maximum atomic E-state index is 5.75. The highest BCUT2D eigenvalue weighted by atomic mass is 79.9. The molecule has 118 valence electrons. The van der Waals surface area contributed by atoms with Gasteiger partial charge in [0, 0.05) is 19.2 Å². The molecule has 1 aliphatic heterocycles. The lowest BCUT2D eigenvalue weighted by Crippen LogP contribution is -2.43. The molecule has 5 heteroatoms. The number of benzene rings is 1. The van der Waals surface area contributed by atoms with Crippen molar-refractivity contribution in [3.8, 4) is 11.5 Å². The number of nitrogens with one attached hydrogen (secondary N) is 1. The van der Waals surface area contributed by atoms with Crippen molar-refractivity contribution in [1.82, 2.24) is 5.32 Å². The first-order valence-electron chi connectivity index (χ1n) is 7.23. The van der Waals surface area contributed by atoms with Crippen molar-refractivity contribution in [1.29, 1.82) is 0 Å². The first kappa shape index (κ1) is 16.6. The topological polar surface area (TPSA) is 39.7 Å². The van der Waals surface area contributed by atoms with Crippen LogP contribution >= 0.6 is 15.9 Å². The predicted molar refractivity (Wildman–Crippen MR) is 87.1 cm³/mol. The zero-order chi connectivity index (χ0) is 15.5. The smallest absolute Gasteiger partial charge is 0.174 e. The highest BCUT2D eigenvalue weighted by Crippen LogP contribution is 2.36. The summed E-state index contributed by atoms with van der Waals surface area (Å²) in [6.45, 7) is 5.92. The maximum Gasteiger partial charge on any atom is 0.174 e. The van der Waals surface area contributed by atoms with Crippen molar-refractivity contribution in [3.63, 3.8) is 0 Å². The third-order valence-corrected chi connectivity index (χ3v) is 4.37. The number of halogens is 1. The quantitative estimate of drug-likeness (QED) is 0.875. The summed E-state index contributed by atoms with van der Waals surface area (Å²) < 4.78 is 17.4. The normalized spacial score (nSPS) is 21.1. The first-order valence-corrected chi connectivity index (χ1v) is 8.02. The van der Waals surface area contributed by atoms with Crippen LogP contribution in [0.15, 0.2) is 16.6 Å². The molecule has 1 saturated heterocycles. The van der Waals surface area contributed by atoms with E-state index in [-0.39, 0.29) is 5.60 Å². The molecule has 0 radical (unpaired) electrons. The second-order valence-corrected chi connectivity index (χ2v) is 6.85. The average Bonchev–Trinajstić information content (AvgIpc) is 2.43. The van der Waals surface area contributed by atoms with Gasteiger partial charge >= 0.3 is 0 Å². The van der Waals surface area contributed by atoms with E-state index in [4.69, 9.17) is 14.2 Å². The third-order valence-electron chi connectivity index (χ3n) is 3.79. The van der Waals surface area contributed by atoms with Crippen LogP contribution in [0.1, 0.15) is 32.3 Å². The van der Waals surface area contributed by atoms with Crippen LogP contribution in [-0.4, -0.2) is 32.5 Å². The summed E-state index contributed by atoms with van der Waals surface area (Å²) in [6, 6.07) is 4.57. The Morgan fingerprint density at radius 1 is 1.33 bits per heavy atom. The Hall–Kier alpha value is -0.780. The second kappa shape index (κ2) is 6.99. The van der Waals surface area contributed by atoms with Gasteiger partial charge in [0.2, 0.25) is 0 Å². The Morgan fingerprint density at radius 3 is 2.71 bits per heavy atom. The summed E-state index contributed by atoms with van der Waals surface area (Å²) in [5.74, 6) is 1.48. The van der Waals surface area contributed by atoms with Crippen molar-refractivity contribution < 1.29 is 14.2 Å². The molecule has 2 rings (SSSR count). The minimum absolute atomic E-state index is 0.0336.